The van der Waals surface area contributed by atoms with Gasteiger partial charge in [0.25, 0.3) is 5.56 Å². The maximum absolute atomic E-state index is 12.8. The molecular weight excluding hydrogens is 372 g/mol. The highest BCUT2D eigenvalue weighted by molar-refractivity contribution is 5.40. The van der Waals surface area contributed by atoms with Crippen LogP contribution in [0.2, 0.25) is 0 Å². The van der Waals surface area contributed by atoms with Crippen LogP contribution in [0.4, 0.5) is 5.95 Å². The Balaban J connectivity index is 1.37. The van der Waals surface area contributed by atoms with Crippen molar-refractivity contribution in [3.8, 4) is 0 Å². The van der Waals surface area contributed by atoms with Crippen molar-refractivity contribution < 1.29 is 14.2 Å². The maximum atomic E-state index is 12.8. The van der Waals surface area contributed by atoms with Gasteiger partial charge in [-0.2, -0.15) is 0 Å². The Morgan fingerprint density at radius 2 is 1.83 bits per heavy atom. The number of fused-ring (bicyclic) bond motifs is 2. The third kappa shape index (κ3) is 3.95. The molecule has 29 heavy (non-hydrogen) atoms. The molecule has 1 aromatic rings. The van der Waals surface area contributed by atoms with Crippen molar-refractivity contribution in [1.82, 2.24) is 14.9 Å². The van der Waals surface area contributed by atoms with Gasteiger partial charge in [0.15, 0.2) is 0 Å². The van der Waals surface area contributed by atoms with Gasteiger partial charge in [-0.15, -0.1) is 0 Å². The van der Waals surface area contributed by atoms with Gasteiger partial charge >= 0.3 is 0 Å². The average molecular weight is 405 g/mol. The van der Waals surface area contributed by atoms with E-state index in [0.29, 0.717) is 32.3 Å². The zero-order chi connectivity index (χ0) is 19.7. The summed E-state index contributed by atoms with van der Waals surface area (Å²) in [6, 6.07) is 0. The molecule has 1 aliphatic carbocycles. The van der Waals surface area contributed by atoms with E-state index in [0.717, 1.165) is 88.8 Å². The normalized spacial score (nSPS) is 29.2. The van der Waals surface area contributed by atoms with Gasteiger partial charge in [0.1, 0.15) is 0 Å². The quantitative estimate of drug-likeness (QED) is 0.788. The van der Waals surface area contributed by atoms with Crippen molar-refractivity contribution in [2.75, 3.05) is 77.3 Å². The predicted molar refractivity (Wildman–Crippen MR) is 109 cm³/mol. The van der Waals surface area contributed by atoms with Crippen molar-refractivity contribution in [2.45, 2.75) is 31.1 Å². The molecule has 4 aliphatic rings. The standard InChI is InChI=1S/C21H32N4O4/c26-19-17-2-4-21(18(17)22-20(23-19)25-6-8-27-9-7-25)3-1-5-24(15-21)12-16-13-28-10-11-29-14-16/h16H,1-15H2,(H,22,23,26). The Bertz CT molecular complexity index is 770. The monoisotopic (exact) mass is 404 g/mol. The number of morpholine rings is 1. The number of ether oxygens (including phenoxy) is 3. The largest absolute Gasteiger partial charge is 0.379 e. The molecule has 3 aliphatic heterocycles. The second kappa shape index (κ2) is 8.34. The van der Waals surface area contributed by atoms with Crippen LogP contribution in [0.1, 0.15) is 30.5 Å². The van der Waals surface area contributed by atoms with Crippen molar-refractivity contribution >= 4 is 5.95 Å². The molecule has 160 valence electrons. The number of nitrogens with zero attached hydrogens (tertiary/aromatic N) is 3. The first-order chi connectivity index (χ1) is 14.2. The molecule has 8 heteroatoms. The van der Waals surface area contributed by atoms with Gasteiger partial charge in [-0.1, -0.05) is 0 Å². The topological polar surface area (TPSA) is 79.9 Å². The molecule has 0 amide bonds. The summed E-state index contributed by atoms with van der Waals surface area (Å²) in [5.74, 6) is 1.14. The molecule has 1 N–H and O–H groups in total. The lowest BCUT2D eigenvalue weighted by Crippen LogP contribution is -2.48. The number of hydrogen-bond acceptors (Lipinski definition) is 7. The smallest absolute Gasteiger partial charge is 0.255 e. The minimum Gasteiger partial charge on any atom is -0.379 e. The first-order valence-electron chi connectivity index (χ1n) is 11.1. The van der Waals surface area contributed by atoms with E-state index in [1.807, 2.05) is 0 Å². The first kappa shape index (κ1) is 19.5. The van der Waals surface area contributed by atoms with Crippen LogP contribution < -0.4 is 10.5 Å². The Morgan fingerprint density at radius 3 is 2.62 bits per heavy atom. The summed E-state index contributed by atoms with van der Waals surface area (Å²) in [4.78, 5) is 25.6. The summed E-state index contributed by atoms with van der Waals surface area (Å²) in [7, 11) is 0. The lowest BCUT2D eigenvalue weighted by molar-refractivity contribution is 0.0739. The first-order valence-corrected chi connectivity index (χ1v) is 11.1. The van der Waals surface area contributed by atoms with Crippen molar-refractivity contribution in [3.63, 3.8) is 0 Å². The van der Waals surface area contributed by atoms with Gasteiger partial charge in [-0.3, -0.25) is 9.78 Å². The third-order valence-corrected chi connectivity index (χ3v) is 6.92. The van der Waals surface area contributed by atoms with E-state index in [1.165, 1.54) is 0 Å². The lowest BCUT2D eigenvalue weighted by Gasteiger charge is -2.41. The number of aromatic nitrogens is 2. The van der Waals surface area contributed by atoms with Crippen LogP contribution in [0.15, 0.2) is 4.79 Å². The van der Waals surface area contributed by atoms with Gasteiger partial charge in [-0.05, 0) is 32.2 Å². The van der Waals surface area contributed by atoms with Crippen LogP contribution >= 0.6 is 0 Å². The fourth-order valence-corrected chi connectivity index (χ4v) is 5.48. The molecule has 0 bridgehead atoms. The van der Waals surface area contributed by atoms with E-state index in [-0.39, 0.29) is 11.0 Å². The summed E-state index contributed by atoms with van der Waals surface area (Å²) in [6.45, 7) is 8.97. The van der Waals surface area contributed by atoms with Gasteiger partial charge < -0.3 is 24.0 Å². The third-order valence-electron chi connectivity index (χ3n) is 6.92. The number of rotatable bonds is 3. The molecule has 0 radical (unpaired) electrons. The number of likely N-dealkylation sites (tertiary alicyclic amines) is 1. The zero-order valence-electron chi connectivity index (χ0n) is 17.2. The molecule has 3 saturated heterocycles. The predicted octanol–water partition coefficient (Wildman–Crippen LogP) is 0.549. The van der Waals surface area contributed by atoms with Crippen molar-refractivity contribution in [1.29, 1.82) is 0 Å². The maximum Gasteiger partial charge on any atom is 0.255 e. The van der Waals surface area contributed by atoms with Gasteiger partial charge in [0, 0.05) is 43.1 Å². The highest BCUT2D eigenvalue weighted by atomic mass is 16.5. The van der Waals surface area contributed by atoms with E-state index in [9.17, 15) is 4.79 Å². The molecule has 4 heterocycles. The second-order valence-electron chi connectivity index (χ2n) is 8.95. The molecule has 5 rings (SSSR count). The molecule has 0 aromatic carbocycles. The van der Waals surface area contributed by atoms with Gasteiger partial charge in [0.05, 0.1) is 45.3 Å². The lowest BCUT2D eigenvalue weighted by atomic mass is 9.77. The molecular formula is C21H32N4O4. The molecule has 8 nitrogen and oxygen atoms in total. The molecule has 0 saturated carbocycles. The highest BCUT2D eigenvalue weighted by Gasteiger charge is 2.45. The van der Waals surface area contributed by atoms with E-state index in [4.69, 9.17) is 19.2 Å². The molecule has 3 fully saturated rings. The number of nitrogens with one attached hydrogen (secondary N) is 1. The minimum absolute atomic E-state index is 0.00925. The average Bonchev–Trinajstić information content (AvgIpc) is 2.91. The Hall–Kier alpha value is -1.48. The Morgan fingerprint density at radius 1 is 1.03 bits per heavy atom. The zero-order valence-corrected chi connectivity index (χ0v) is 17.2. The van der Waals surface area contributed by atoms with E-state index in [1.54, 1.807) is 0 Å². The van der Waals surface area contributed by atoms with Crippen LogP contribution in [0, 0.1) is 5.92 Å². The number of H-pyrrole nitrogens is 1. The van der Waals surface area contributed by atoms with Crippen LogP contribution in [0.5, 0.6) is 0 Å². The summed E-state index contributed by atoms with van der Waals surface area (Å²) >= 11 is 0. The molecule has 1 atom stereocenters. The fourth-order valence-electron chi connectivity index (χ4n) is 5.48. The number of aromatic amines is 1. The van der Waals surface area contributed by atoms with Crippen LogP contribution in [0.3, 0.4) is 0 Å². The van der Waals surface area contributed by atoms with Crippen LogP contribution in [-0.2, 0) is 26.0 Å². The Labute approximate surface area is 171 Å². The second-order valence-corrected chi connectivity index (χ2v) is 8.95. The van der Waals surface area contributed by atoms with E-state index in [2.05, 4.69) is 14.8 Å². The van der Waals surface area contributed by atoms with Crippen LogP contribution in [0.25, 0.3) is 0 Å². The molecule has 1 unspecified atom stereocenters. The highest BCUT2D eigenvalue weighted by Crippen LogP contribution is 2.43. The summed E-state index contributed by atoms with van der Waals surface area (Å²) in [6.07, 6.45) is 4.13. The van der Waals surface area contributed by atoms with Gasteiger partial charge in [-0.25, -0.2) is 4.98 Å². The van der Waals surface area contributed by atoms with Gasteiger partial charge in [0.2, 0.25) is 5.95 Å². The Kier molecular flexibility index (Phi) is 5.60. The van der Waals surface area contributed by atoms with E-state index < -0.39 is 0 Å². The summed E-state index contributed by atoms with van der Waals surface area (Å²) < 4.78 is 16.9. The van der Waals surface area contributed by atoms with Crippen molar-refractivity contribution in [3.05, 3.63) is 21.6 Å². The summed E-state index contributed by atoms with van der Waals surface area (Å²) in [5, 5.41) is 0. The molecule has 1 spiro atoms. The SMILES string of the molecule is O=c1[nH]c(N2CCOCC2)nc2c1CCC21CCCN(CC2COCCOC2)C1. The fraction of sp³-hybridized carbons (Fsp3) is 0.810. The molecule has 1 aromatic heterocycles. The van der Waals surface area contributed by atoms with E-state index >= 15 is 0 Å². The van der Waals surface area contributed by atoms with Crippen LogP contribution in [-0.4, -0.2) is 87.2 Å². The number of hydrogen-bond donors (Lipinski definition) is 1. The minimum atomic E-state index is 0.00925. The number of piperidine rings is 1. The van der Waals surface area contributed by atoms with Crippen molar-refractivity contribution in [2.24, 2.45) is 5.92 Å². The number of anilines is 1. The summed E-state index contributed by atoms with van der Waals surface area (Å²) in [5.41, 5.74) is 2.02.